The van der Waals surface area contributed by atoms with Gasteiger partial charge in [0.2, 0.25) is 0 Å². The zero-order valence-corrected chi connectivity index (χ0v) is 11.3. The lowest BCUT2D eigenvalue weighted by Crippen LogP contribution is -2.26. The molecular weight excluding hydrogens is 299 g/mol. The van der Waals surface area contributed by atoms with Crippen LogP contribution in [-0.2, 0) is 6.54 Å². The summed E-state index contributed by atoms with van der Waals surface area (Å²) in [5.41, 5.74) is 0.548. The van der Waals surface area contributed by atoms with Crippen molar-refractivity contribution in [2.75, 3.05) is 7.05 Å². The first-order valence-electron chi connectivity index (χ1n) is 5.34. The highest BCUT2D eigenvalue weighted by Crippen LogP contribution is 2.32. The van der Waals surface area contributed by atoms with Crippen LogP contribution in [0.3, 0.4) is 0 Å². The van der Waals surface area contributed by atoms with Crippen LogP contribution in [0.5, 0.6) is 0 Å². The number of rotatable bonds is 5. The Labute approximate surface area is 107 Å². The first-order valence-corrected chi connectivity index (χ1v) is 6.13. The largest absolute Gasteiger partial charge is 0.390 e. The molecule has 7 heteroatoms. The van der Waals surface area contributed by atoms with E-state index >= 15 is 0 Å². The molecular formula is C10H15BrF3N3. The molecule has 0 saturated heterocycles. The van der Waals surface area contributed by atoms with E-state index in [-0.39, 0.29) is 0 Å². The summed E-state index contributed by atoms with van der Waals surface area (Å²) >= 11 is 3.25. The summed E-state index contributed by atoms with van der Waals surface area (Å²) in [4.78, 5) is 0. The van der Waals surface area contributed by atoms with Gasteiger partial charge in [0.15, 0.2) is 0 Å². The fourth-order valence-electron chi connectivity index (χ4n) is 1.68. The van der Waals surface area contributed by atoms with Crippen molar-refractivity contribution in [1.82, 2.24) is 15.1 Å². The predicted octanol–water partition coefficient (Wildman–Crippen LogP) is 3.27. The predicted molar refractivity (Wildman–Crippen MR) is 62.7 cm³/mol. The first kappa shape index (κ1) is 14.5. The van der Waals surface area contributed by atoms with Crippen molar-refractivity contribution >= 4 is 15.9 Å². The maximum Gasteiger partial charge on any atom is 0.390 e. The fourth-order valence-corrected chi connectivity index (χ4v) is 2.25. The smallest absolute Gasteiger partial charge is 0.311 e. The van der Waals surface area contributed by atoms with E-state index in [1.54, 1.807) is 4.68 Å². The van der Waals surface area contributed by atoms with E-state index in [1.165, 1.54) is 13.2 Å². The highest BCUT2D eigenvalue weighted by atomic mass is 79.9. The summed E-state index contributed by atoms with van der Waals surface area (Å²) < 4.78 is 39.6. The minimum absolute atomic E-state index is 0.548. The Kier molecular flexibility index (Phi) is 5.00. The molecule has 0 aliphatic heterocycles. The van der Waals surface area contributed by atoms with Gasteiger partial charge in [-0.15, -0.1) is 0 Å². The van der Waals surface area contributed by atoms with E-state index in [0.29, 0.717) is 16.7 Å². The molecule has 98 valence electrons. The molecule has 1 unspecified atom stereocenters. The molecule has 0 radical (unpaired) electrons. The third-order valence-corrected chi connectivity index (χ3v) is 2.99. The second kappa shape index (κ2) is 5.86. The topological polar surface area (TPSA) is 29.9 Å². The van der Waals surface area contributed by atoms with Gasteiger partial charge in [0, 0.05) is 6.54 Å². The molecule has 1 N–H and O–H groups in total. The van der Waals surface area contributed by atoms with Gasteiger partial charge in [0.25, 0.3) is 0 Å². The molecule has 1 heterocycles. The normalized spacial score (nSPS) is 14.0. The Balaban J connectivity index is 2.98. The molecule has 0 spiro atoms. The molecule has 0 amide bonds. The summed E-state index contributed by atoms with van der Waals surface area (Å²) in [6.45, 7) is 2.56. The van der Waals surface area contributed by atoms with Crippen LogP contribution < -0.4 is 5.32 Å². The number of halogens is 4. The van der Waals surface area contributed by atoms with E-state index in [2.05, 4.69) is 26.3 Å². The summed E-state index contributed by atoms with van der Waals surface area (Å²) in [5, 5.41) is 6.76. The molecule has 1 aromatic heterocycles. The quantitative estimate of drug-likeness (QED) is 0.904. The van der Waals surface area contributed by atoms with Crippen LogP contribution in [0.25, 0.3) is 0 Å². The molecule has 1 aromatic rings. The van der Waals surface area contributed by atoms with Crippen LogP contribution in [-0.4, -0.2) is 23.0 Å². The third kappa shape index (κ3) is 3.99. The SMILES string of the molecule is CCCn1ncc(Br)c1C(CC(F)(F)F)NC. The maximum absolute atomic E-state index is 12.4. The number of alkyl halides is 3. The van der Waals surface area contributed by atoms with Crippen LogP contribution in [0.2, 0.25) is 0 Å². The van der Waals surface area contributed by atoms with Crippen molar-refractivity contribution in [3.05, 3.63) is 16.4 Å². The third-order valence-electron chi connectivity index (χ3n) is 2.38. The van der Waals surface area contributed by atoms with Gasteiger partial charge >= 0.3 is 6.18 Å². The van der Waals surface area contributed by atoms with E-state index in [1.807, 2.05) is 6.92 Å². The summed E-state index contributed by atoms with van der Waals surface area (Å²) in [6.07, 6.45) is -2.75. The van der Waals surface area contributed by atoms with Gasteiger partial charge in [-0.3, -0.25) is 4.68 Å². The highest BCUT2D eigenvalue weighted by molar-refractivity contribution is 9.10. The molecule has 3 nitrogen and oxygen atoms in total. The number of aryl methyl sites for hydroxylation is 1. The lowest BCUT2D eigenvalue weighted by molar-refractivity contribution is -0.140. The average Bonchev–Trinajstić information content (AvgIpc) is 2.56. The lowest BCUT2D eigenvalue weighted by atomic mass is 10.1. The van der Waals surface area contributed by atoms with Crippen LogP contribution >= 0.6 is 15.9 Å². The molecule has 0 bridgehead atoms. The van der Waals surface area contributed by atoms with E-state index in [4.69, 9.17) is 0 Å². The highest BCUT2D eigenvalue weighted by Gasteiger charge is 2.34. The van der Waals surface area contributed by atoms with Crippen LogP contribution in [0, 0.1) is 0 Å². The molecule has 1 atom stereocenters. The molecule has 0 fully saturated rings. The van der Waals surface area contributed by atoms with Crippen molar-refractivity contribution in [2.24, 2.45) is 0 Å². The lowest BCUT2D eigenvalue weighted by Gasteiger charge is -2.20. The second-order valence-electron chi connectivity index (χ2n) is 3.76. The Morgan fingerprint density at radius 1 is 1.53 bits per heavy atom. The molecule has 0 aliphatic rings. The Bertz CT molecular complexity index is 362. The van der Waals surface area contributed by atoms with Crippen molar-refractivity contribution in [3.63, 3.8) is 0 Å². The zero-order chi connectivity index (χ0) is 13.1. The van der Waals surface area contributed by atoms with Crippen molar-refractivity contribution in [1.29, 1.82) is 0 Å². The summed E-state index contributed by atoms with van der Waals surface area (Å²) in [7, 11) is 1.52. The van der Waals surface area contributed by atoms with Gasteiger partial charge in [-0.2, -0.15) is 18.3 Å². The number of nitrogens with one attached hydrogen (secondary N) is 1. The standard InChI is InChI=1S/C10H15BrF3N3/c1-3-4-17-9(7(11)6-16-17)8(15-2)5-10(12,13)14/h6,8,15H,3-5H2,1-2H3. The summed E-state index contributed by atoms with van der Waals surface area (Å²) in [6, 6.07) is -0.779. The summed E-state index contributed by atoms with van der Waals surface area (Å²) in [5.74, 6) is 0. The van der Waals surface area contributed by atoms with Crippen LogP contribution in [0.1, 0.15) is 31.5 Å². The van der Waals surface area contributed by atoms with Gasteiger partial charge in [0.05, 0.1) is 28.8 Å². The first-order chi connectivity index (χ1) is 7.89. The molecule has 0 saturated carbocycles. The minimum atomic E-state index is -4.20. The van der Waals surface area contributed by atoms with Gasteiger partial charge in [-0.05, 0) is 29.4 Å². The van der Waals surface area contributed by atoms with Crippen LogP contribution in [0.4, 0.5) is 13.2 Å². The van der Waals surface area contributed by atoms with Crippen molar-refractivity contribution in [2.45, 2.75) is 38.5 Å². The fraction of sp³-hybridized carbons (Fsp3) is 0.700. The Morgan fingerprint density at radius 3 is 2.65 bits per heavy atom. The number of hydrogen-bond donors (Lipinski definition) is 1. The Morgan fingerprint density at radius 2 is 2.18 bits per heavy atom. The molecule has 0 aromatic carbocycles. The van der Waals surface area contributed by atoms with Gasteiger partial charge in [0.1, 0.15) is 0 Å². The Hall–Kier alpha value is -0.560. The average molecular weight is 314 g/mol. The van der Waals surface area contributed by atoms with Crippen molar-refractivity contribution in [3.8, 4) is 0 Å². The monoisotopic (exact) mass is 313 g/mol. The number of nitrogens with zero attached hydrogens (tertiary/aromatic N) is 2. The second-order valence-corrected chi connectivity index (χ2v) is 4.62. The molecule has 1 rings (SSSR count). The van der Waals surface area contributed by atoms with E-state index in [0.717, 1.165) is 6.42 Å². The zero-order valence-electron chi connectivity index (χ0n) is 9.68. The molecule has 0 aliphatic carbocycles. The van der Waals surface area contributed by atoms with E-state index in [9.17, 15) is 13.2 Å². The van der Waals surface area contributed by atoms with Gasteiger partial charge < -0.3 is 5.32 Å². The number of hydrogen-bond acceptors (Lipinski definition) is 2. The van der Waals surface area contributed by atoms with Crippen molar-refractivity contribution < 1.29 is 13.2 Å². The van der Waals surface area contributed by atoms with Gasteiger partial charge in [-0.1, -0.05) is 6.92 Å². The maximum atomic E-state index is 12.4. The van der Waals surface area contributed by atoms with Crippen LogP contribution in [0.15, 0.2) is 10.7 Å². The minimum Gasteiger partial charge on any atom is -0.311 e. The molecule has 17 heavy (non-hydrogen) atoms. The number of aromatic nitrogens is 2. The van der Waals surface area contributed by atoms with Gasteiger partial charge in [-0.25, -0.2) is 0 Å². The van der Waals surface area contributed by atoms with E-state index < -0.39 is 18.6 Å².